The van der Waals surface area contributed by atoms with Gasteiger partial charge >= 0.3 is 5.97 Å². The van der Waals surface area contributed by atoms with Crippen molar-refractivity contribution in [1.82, 2.24) is 14.8 Å². The number of esters is 1. The summed E-state index contributed by atoms with van der Waals surface area (Å²) >= 11 is 20.2. The van der Waals surface area contributed by atoms with Crippen molar-refractivity contribution in [2.24, 2.45) is 0 Å². The number of carbonyl (C=O) groups is 1. The molecule has 5 rings (SSSR count). The molecule has 1 aromatic heterocycles. The molecule has 1 atom stereocenters. The molecular formula is C30H27Cl3N4O4S. The van der Waals surface area contributed by atoms with Gasteiger partial charge in [0, 0.05) is 32.1 Å². The van der Waals surface area contributed by atoms with Crippen molar-refractivity contribution < 1.29 is 19.0 Å². The van der Waals surface area contributed by atoms with Gasteiger partial charge in [-0.05, 0) is 55.3 Å². The topological polar surface area (TPSA) is 87.5 Å². The van der Waals surface area contributed by atoms with Crippen LogP contribution in [0.1, 0.15) is 36.6 Å². The lowest BCUT2D eigenvalue weighted by Gasteiger charge is -2.28. The molecule has 4 aromatic rings. The van der Waals surface area contributed by atoms with E-state index in [0.717, 1.165) is 16.7 Å². The summed E-state index contributed by atoms with van der Waals surface area (Å²) in [6, 6.07) is 17.8. The van der Waals surface area contributed by atoms with E-state index in [9.17, 15) is 4.79 Å². The zero-order valence-electron chi connectivity index (χ0n) is 23.0. The van der Waals surface area contributed by atoms with Gasteiger partial charge in [-0.2, -0.15) is 4.98 Å². The standard InChI is InChI=1S/C30H27Cl3N4O4S/c1-4-40-25-13-18(10-12-24(25)41-15-19-9-11-21(31)14-23(19)33)27-26(28(38)39-3)17(2)34-29-35-30(36-37(27)29)42-16-20-7-5-6-8-22(20)32/h5-14,27H,4,15-16H2,1-3H3,(H,34,35,36). The van der Waals surface area contributed by atoms with Gasteiger partial charge in [0.15, 0.2) is 11.5 Å². The fraction of sp³-hybridized carbons (Fsp3) is 0.233. The monoisotopic (exact) mass is 644 g/mol. The number of nitrogens with zero attached hydrogens (tertiary/aromatic N) is 3. The van der Waals surface area contributed by atoms with Gasteiger partial charge in [-0.3, -0.25) is 0 Å². The first-order chi connectivity index (χ1) is 20.3. The summed E-state index contributed by atoms with van der Waals surface area (Å²) in [4.78, 5) is 17.7. The highest BCUT2D eigenvalue weighted by Crippen LogP contribution is 2.40. The van der Waals surface area contributed by atoms with Crippen LogP contribution in [0, 0.1) is 0 Å². The number of aromatic nitrogens is 3. The SMILES string of the molecule is CCOc1cc(C2C(C(=O)OC)=C(C)Nc3nc(SCc4ccccc4Cl)nn32)ccc1OCc1ccc(Cl)cc1Cl. The molecule has 0 amide bonds. The number of halogens is 3. The maximum Gasteiger partial charge on any atom is 0.338 e. The van der Waals surface area contributed by atoms with Gasteiger partial charge in [0.1, 0.15) is 12.6 Å². The van der Waals surface area contributed by atoms with E-state index < -0.39 is 12.0 Å². The Morgan fingerprint density at radius 2 is 1.81 bits per heavy atom. The molecule has 0 aliphatic carbocycles. The summed E-state index contributed by atoms with van der Waals surface area (Å²) < 4.78 is 18.9. The summed E-state index contributed by atoms with van der Waals surface area (Å²) in [6.45, 7) is 4.32. The third kappa shape index (κ3) is 6.49. The van der Waals surface area contributed by atoms with Crippen LogP contribution in [0.3, 0.4) is 0 Å². The molecule has 0 fully saturated rings. The minimum absolute atomic E-state index is 0.217. The van der Waals surface area contributed by atoms with E-state index in [2.05, 4.69) is 5.32 Å². The van der Waals surface area contributed by atoms with Crippen molar-refractivity contribution in [3.05, 3.63) is 104 Å². The third-order valence-electron chi connectivity index (χ3n) is 6.53. The Kier molecular flexibility index (Phi) is 9.53. The molecule has 42 heavy (non-hydrogen) atoms. The molecule has 0 spiro atoms. The Morgan fingerprint density at radius 1 is 1.00 bits per heavy atom. The minimum atomic E-state index is -0.630. The smallest absolute Gasteiger partial charge is 0.338 e. The first-order valence-corrected chi connectivity index (χ1v) is 15.1. The number of hydrogen-bond acceptors (Lipinski definition) is 8. The number of rotatable bonds is 10. The lowest BCUT2D eigenvalue weighted by Crippen LogP contribution is -2.29. The lowest BCUT2D eigenvalue weighted by molar-refractivity contribution is -0.136. The zero-order valence-corrected chi connectivity index (χ0v) is 26.1. The molecule has 1 aliphatic rings. The highest BCUT2D eigenvalue weighted by Gasteiger charge is 2.35. The van der Waals surface area contributed by atoms with E-state index in [4.69, 9.17) is 59.1 Å². The average Bonchev–Trinajstić information content (AvgIpc) is 3.38. The van der Waals surface area contributed by atoms with E-state index in [1.54, 1.807) is 22.9 Å². The number of nitrogens with one attached hydrogen (secondary N) is 1. The van der Waals surface area contributed by atoms with Crippen LogP contribution in [0.4, 0.5) is 5.95 Å². The predicted octanol–water partition coefficient (Wildman–Crippen LogP) is 7.97. The second-order valence-corrected chi connectivity index (χ2v) is 11.5. The molecule has 0 saturated carbocycles. The number of hydrogen-bond donors (Lipinski definition) is 1. The van der Waals surface area contributed by atoms with Crippen molar-refractivity contribution in [3.8, 4) is 11.5 Å². The Hall–Kier alpha value is -3.37. The van der Waals surface area contributed by atoms with Crippen LogP contribution < -0.4 is 14.8 Å². The largest absolute Gasteiger partial charge is 0.490 e. The van der Waals surface area contributed by atoms with Crippen molar-refractivity contribution >= 4 is 58.5 Å². The van der Waals surface area contributed by atoms with Gasteiger partial charge in [-0.15, -0.1) is 5.10 Å². The summed E-state index contributed by atoms with van der Waals surface area (Å²) in [5, 5.41) is 10.2. The third-order valence-corrected chi connectivity index (χ3v) is 8.38. The summed E-state index contributed by atoms with van der Waals surface area (Å²) in [5.41, 5.74) is 3.52. The lowest BCUT2D eigenvalue weighted by atomic mass is 9.95. The second kappa shape index (κ2) is 13.3. The molecule has 1 unspecified atom stereocenters. The van der Waals surface area contributed by atoms with E-state index in [1.807, 2.05) is 56.3 Å². The molecule has 0 bridgehead atoms. The number of fused-ring (bicyclic) bond motifs is 1. The van der Waals surface area contributed by atoms with E-state index in [-0.39, 0.29) is 6.61 Å². The summed E-state index contributed by atoms with van der Waals surface area (Å²) in [5.74, 6) is 1.64. The van der Waals surface area contributed by atoms with Crippen molar-refractivity contribution in [2.75, 3.05) is 19.0 Å². The molecule has 3 aromatic carbocycles. The quantitative estimate of drug-likeness (QED) is 0.137. The summed E-state index contributed by atoms with van der Waals surface area (Å²) in [6.07, 6.45) is 0. The molecule has 1 N–H and O–H groups in total. The van der Waals surface area contributed by atoms with Crippen molar-refractivity contribution in [2.45, 2.75) is 37.4 Å². The van der Waals surface area contributed by atoms with Crippen LogP contribution in [0.15, 0.2) is 77.1 Å². The Labute approximate surface area is 262 Å². The molecule has 8 nitrogen and oxygen atoms in total. The van der Waals surface area contributed by atoms with Gasteiger partial charge < -0.3 is 19.5 Å². The van der Waals surface area contributed by atoms with Crippen LogP contribution in [0.2, 0.25) is 15.1 Å². The molecule has 12 heteroatoms. The molecule has 0 radical (unpaired) electrons. The maximum absolute atomic E-state index is 13.0. The Morgan fingerprint density at radius 3 is 2.55 bits per heavy atom. The first-order valence-electron chi connectivity index (χ1n) is 13.0. The van der Waals surface area contributed by atoms with Crippen molar-refractivity contribution in [3.63, 3.8) is 0 Å². The summed E-state index contributed by atoms with van der Waals surface area (Å²) in [7, 11) is 1.35. The van der Waals surface area contributed by atoms with Crippen LogP contribution in [-0.2, 0) is 21.9 Å². The highest BCUT2D eigenvalue weighted by molar-refractivity contribution is 7.98. The maximum atomic E-state index is 13.0. The number of allylic oxidation sites excluding steroid dienone is 1. The zero-order chi connectivity index (χ0) is 29.8. The normalized spacial score (nSPS) is 14.3. The van der Waals surface area contributed by atoms with Gasteiger partial charge in [0.2, 0.25) is 11.1 Å². The van der Waals surface area contributed by atoms with Crippen LogP contribution in [0.25, 0.3) is 0 Å². The molecule has 0 saturated heterocycles. The van der Waals surface area contributed by atoms with Crippen LogP contribution in [-0.4, -0.2) is 34.5 Å². The minimum Gasteiger partial charge on any atom is -0.490 e. The van der Waals surface area contributed by atoms with E-state index in [0.29, 0.717) is 61.3 Å². The van der Waals surface area contributed by atoms with Gasteiger partial charge in [-0.25, -0.2) is 9.48 Å². The van der Waals surface area contributed by atoms with Gasteiger partial charge in [0.05, 0.1) is 19.3 Å². The average molecular weight is 646 g/mol. The second-order valence-electron chi connectivity index (χ2n) is 9.26. The van der Waals surface area contributed by atoms with Crippen molar-refractivity contribution in [1.29, 1.82) is 0 Å². The van der Waals surface area contributed by atoms with E-state index >= 15 is 0 Å². The number of thioether (sulfide) groups is 1. The predicted molar refractivity (Wildman–Crippen MR) is 166 cm³/mol. The van der Waals surface area contributed by atoms with Gasteiger partial charge in [-0.1, -0.05) is 76.9 Å². The number of ether oxygens (including phenoxy) is 3. The number of benzene rings is 3. The highest BCUT2D eigenvalue weighted by atomic mass is 35.5. The van der Waals surface area contributed by atoms with Gasteiger partial charge in [0.25, 0.3) is 0 Å². The number of anilines is 1. The van der Waals surface area contributed by atoms with Crippen LogP contribution >= 0.6 is 46.6 Å². The number of carbonyl (C=O) groups excluding carboxylic acids is 1. The fourth-order valence-electron chi connectivity index (χ4n) is 4.51. The first kappa shape index (κ1) is 30.1. The van der Waals surface area contributed by atoms with E-state index in [1.165, 1.54) is 18.9 Å². The Balaban J connectivity index is 1.48. The number of methoxy groups -OCH3 is 1. The van der Waals surface area contributed by atoms with Crippen LogP contribution in [0.5, 0.6) is 11.5 Å². The molecular weight excluding hydrogens is 619 g/mol. The Bertz CT molecular complexity index is 1660. The molecule has 2 heterocycles. The molecule has 218 valence electrons. The molecule has 1 aliphatic heterocycles. The fourth-order valence-corrected chi connectivity index (χ4v) is 6.09.